The van der Waals surface area contributed by atoms with E-state index in [1.807, 2.05) is 0 Å². The fourth-order valence-electron chi connectivity index (χ4n) is 1.61. The molecular weight excluding hydrogens is 207 g/mol. The van der Waals surface area contributed by atoms with Crippen molar-refractivity contribution in [3.63, 3.8) is 0 Å². The molecule has 2 rings (SSSR count). The standard InChI is InChI=1S/C11H17BO2S/c1-8-9(6-7-15-8)12-13-10(2,3)11(4,5)14-12/h6-7H,1-5H3. The highest BCUT2D eigenvalue weighted by Crippen LogP contribution is 2.36. The van der Waals surface area contributed by atoms with E-state index in [2.05, 4.69) is 46.1 Å². The van der Waals surface area contributed by atoms with Crippen molar-refractivity contribution in [1.82, 2.24) is 0 Å². The third-order valence-corrected chi connectivity index (χ3v) is 4.27. The molecule has 0 unspecified atom stereocenters. The molecule has 2 nitrogen and oxygen atoms in total. The Balaban J connectivity index is 2.27. The summed E-state index contributed by atoms with van der Waals surface area (Å²) >= 11 is 1.73. The average molecular weight is 224 g/mol. The van der Waals surface area contributed by atoms with Crippen LogP contribution in [0.4, 0.5) is 0 Å². The molecule has 0 atom stereocenters. The second kappa shape index (κ2) is 3.34. The molecule has 0 aliphatic carbocycles. The van der Waals surface area contributed by atoms with Gasteiger partial charge in [0.25, 0.3) is 0 Å². The minimum absolute atomic E-state index is 0.207. The summed E-state index contributed by atoms with van der Waals surface area (Å²) in [5, 5.41) is 2.08. The van der Waals surface area contributed by atoms with Gasteiger partial charge in [-0.2, -0.15) is 0 Å². The van der Waals surface area contributed by atoms with Gasteiger partial charge in [0.1, 0.15) is 0 Å². The highest BCUT2D eigenvalue weighted by Gasteiger charge is 2.52. The van der Waals surface area contributed by atoms with Gasteiger partial charge < -0.3 is 9.31 Å². The summed E-state index contributed by atoms with van der Waals surface area (Å²) in [6.07, 6.45) is 0. The van der Waals surface area contributed by atoms with E-state index in [0.29, 0.717) is 0 Å². The van der Waals surface area contributed by atoms with Gasteiger partial charge in [0, 0.05) is 4.88 Å². The van der Waals surface area contributed by atoms with Crippen molar-refractivity contribution in [2.75, 3.05) is 0 Å². The molecule has 1 fully saturated rings. The maximum atomic E-state index is 5.97. The molecule has 1 aliphatic rings. The number of aryl methyl sites for hydroxylation is 1. The van der Waals surface area contributed by atoms with Gasteiger partial charge in [0.2, 0.25) is 0 Å². The van der Waals surface area contributed by atoms with Crippen LogP contribution in [0.1, 0.15) is 32.6 Å². The zero-order chi connectivity index (χ0) is 11.3. The van der Waals surface area contributed by atoms with Gasteiger partial charge >= 0.3 is 7.12 Å². The molecule has 0 saturated carbocycles. The van der Waals surface area contributed by atoms with E-state index in [9.17, 15) is 0 Å². The summed E-state index contributed by atoms with van der Waals surface area (Å²) in [4.78, 5) is 1.27. The van der Waals surface area contributed by atoms with E-state index < -0.39 is 0 Å². The Kier molecular flexibility index (Phi) is 2.49. The SMILES string of the molecule is Cc1sccc1B1OC(C)(C)C(C)(C)O1. The molecule has 1 aliphatic heterocycles. The summed E-state index contributed by atoms with van der Waals surface area (Å²) in [7, 11) is -0.207. The fourth-order valence-corrected chi connectivity index (χ4v) is 2.33. The number of hydrogen-bond donors (Lipinski definition) is 0. The molecule has 0 spiro atoms. The first kappa shape index (κ1) is 11.2. The maximum absolute atomic E-state index is 5.97. The minimum atomic E-state index is -0.244. The second-order valence-electron chi connectivity index (χ2n) is 5.02. The van der Waals surface area contributed by atoms with Crippen molar-refractivity contribution >= 4 is 23.9 Å². The van der Waals surface area contributed by atoms with Gasteiger partial charge in [-0.1, -0.05) is 6.07 Å². The van der Waals surface area contributed by atoms with E-state index in [1.165, 1.54) is 10.3 Å². The first-order valence-corrected chi connectivity index (χ1v) is 6.11. The van der Waals surface area contributed by atoms with E-state index in [4.69, 9.17) is 9.31 Å². The fraction of sp³-hybridized carbons (Fsp3) is 0.636. The van der Waals surface area contributed by atoms with Crippen molar-refractivity contribution in [2.45, 2.75) is 45.8 Å². The third-order valence-electron chi connectivity index (χ3n) is 3.41. The van der Waals surface area contributed by atoms with Crippen LogP contribution in [-0.2, 0) is 9.31 Å². The second-order valence-corrected chi connectivity index (χ2v) is 6.14. The van der Waals surface area contributed by atoms with Gasteiger partial charge in [-0.3, -0.25) is 0 Å². The molecule has 0 amide bonds. The predicted molar refractivity (Wildman–Crippen MR) is 64.8 cm³/mol. The Morgan fingerprint density at radius 2 is 1.67 bits per heavy atom. The van der Waals surface area contributed by atoms with Gasteiger partial charge in [-0.05, 0) is 45.5 Å². The van der Waals surface area contributed by atoms with E-state index in [1.54, 1.807) is 11.3 Å². The van der Waals surface area contributed by atoms with Crippen LogP contribution >= 0.6 is 11.3 Å². The van der Waals surface area contributed by atoms with E-state index >= 15 is 0 Å². The van der Waals surface area contributed by atoms with E-state index in [0.717, 1.165) is 0 Å². The topological polar surface area (TPSA) is 18.5 Å². The largest absolute Gasteiger partial charge is 0.495 e. The molecule has 15 heavy (non-hydrogen) atoms. The zero-order valence-electron chi connectivity index (χ0n) is 9.96. The molecule has 4 heteroatoms. The van der Waals surface area contributed by atoms with Gasteiger partial charge in [0.05, 0.1) is 11.2 Å². The van der Waals surface area contributed by atoms with Crippen molar-refractivity contribution < 1.29 is 9.31 Å². The van der Waals surface area contributed by atoms with Crippen molar-refractivity contribution in [2.24, 2.45) is 0 Å². The monoisotopic (exact) mass is 224 g/mol. The summed E-state index contributed by atoms with van der Waals surface area (Å²) in [5.74, 6) is 0. The summed E-state index contributed by atoms with van der Waals surface area (Å²) in [5.41, 5.74) is 0.677. The molecule has 1 aromatic rings. The van der Waals surface area contributed by atoms with Gasteiger partial charge in [0.15, 0.2) is 0 Å². The lowest BCUT2D eigenvalue weighted by Crippen LogP contribution is -2.41. The summed E-state index contributed by atoms with van der Waals surface area (Å²) in [6.45, 7) is 10.4. The minimum Gasteiger partial charge on any atom is -0.399 e. The van der Waals surface area contributed by atoms with Gasteiger partial charge in [-0.15, -0.1) is 11.3 Å². The van der Waals surface area contributed by atoms with E-state index in [-0.39, 0.29) is 18.3 Å². The Morgan fingerprint density at radius 3 is 2.07 bits per heavy atom. The van der Waals surface area contributed by atoms with Crippen LogP contribution in [0.15, 0.2) is 11.4 Å². The normalized spacial score (nSPS) is 23.4. The smallest absolute Gasteiger partial charge is 0.399 e. The number of hydrogen-bond acceptors (Lipinski definition) is 3. The zero-order valence-corrected chi connectivity index (χ0v) is 10.8. The van der Waals surface area contributed by atoms with Crippen LogP contribution in [0.25, 0.3) is 0 Å². The van der Waals surface area contributed by atoms with Crippen LogP contribution in [0.5, 0.6) is 0 Å². The Morgan fingerprint density at radius 1 is 1.13 bits per heavy atom. The lowest BCUT2D eigenvalue weighted by molar-refractivity contribution is 0.00578. The Hall–Kier alpha value is -0.315. The maximum Gasteiger partial charge on any atom is 0.495 e. The van der Waals surface area contributed by atoms with Gasteiger partial charge in [-0.25, -0.2) is 0 Å². The summed E-state index contributed by atoms with van der Waals surface area (Å²) < 4.78 is 11.9. The first-order valence-electron chi connectivity index (χ1n) is 5.23. The molecule has 82 valence electrons. The lowest BCUT2D eigenvalue weighted by Gasteiger charge is -2.32. The predicted octanol–water partition coefficient (Wildman–Crippen LogP) is 2.36. The number of rotatable bonds is 1. The lowest BCUT2D eigenvalue weighted by atomic mass is 9.79. The Bertz CT molecular complexity index is 354. The third kappa shape index (κ3) is 1.75. The first-order chi connectivity index (χ1) is 6.83. The van der Waals surface area contributed by atoms with Crippen LogP contribution in [0, 0.1) is 6.92 Å². The molecule has 0 N–H and O–H groups in total. The molecular formula is C11H17BO2S. The average Bonchev–Trinajstić information content (AvgIpc) is 2.55. The molecule has 1 aromatic heterocycles. The Labute approximate surface area is 95.7 Å². The van der Waals surface area contributed by atoms with Crippen molar-refractivity contribution in [3.05, 3.63) is 16.3 Å². The van der Waals surface area contributed by atoms with Crippen LogP contribution in [0.2, 0.25) is 0 Å². The molecule has 1 saturated heterocycles. The van der Waals surface area contributed by atoms with Crippen LogP contribution in [0.3, 0.4) is 0 Å². The molecule has 0 aromatic carbocycles. The van der Waals surface area contributed by atoms with Crippen LogP contribution < -0.4 is 5.46 Å². The molecule has 2 heterocycles. The number of thiophene rings is 1. The van der Waals surface area contributed by atoms with Crippen molar-refractivity contribution in [1.29, 1.82) is 0 Å². The quantitative estimate of drug-likeness (QED) is 0.681. The highest BCUT2D eigenvalue weighted by atomic mass is 32.1. The summed E-state index contributed by atoms with van der Waals surface area (Å²) in [6, 6.07) is 2.09. The highest BCUT2D eigenvalue weighted by molar-refractivity contribution is 7.11. The van der Waals surface area contributed by atoms with Crippen LogP contribution in [-0.4, -0.2) is 18.3 Å². The molecule has 0 bridgehead atoms. The molecule has 0 radical (unpaired) electrons. The van der Waals surface area contributed by atoms with Crippen molar-refractivity contribution in [3.8, 4) is 0 Å².